The lowest BCUT2D eigenvalue weighted by atomic mass is 10.3. The van der Waals surface area contributed by atoms with Gasteiger partial charge in [-0.2, -0.15) is 4.98 Å². The van der Waals surface area contributed by atoms with Gasteiger partial charge in [-0.25, -0.2) is 4.79 Å². The van der Waals surface area contributed by atoms with Crippen molar-refractivity contribution in [1.82, 2.24) is 4.98 Å². The van der Waals surface area contributed by atoms with Crippen molar-refractivity contribution < 1.29 is 18.7 Å². The van der Waals surface area contributed by atoms with Crippen LogP contribution < -0.4 is 10.6 Å². The summed E-state index contributed by atoms with van der Waals surface area (Å²) in [4.78, 5) is 17.5. The molecule has 2 N–H and O–H groups in total. The molecule has 1 aliphatic rings. The maximum Gasteiger partial charge on any atom is 0.360 e. The number of esters is 1. The summed E-state index contributed by atoms with van der Waals surface area (Å²) in [6.45, 7) is 4.35. The molecule has 0 radical (unpaired) electrons. The fourth-order valence-corrected chi connectivity index (χ4v) is 1.74. The van der Waals surface area contributed by atoms with Gasteiger partial charge >= 0.3 is 5.97 Å². The molecule has 1 atom stereocenters. The molecule has 1 saturated heterocycles. The van der Waals surface area contributed by atoms with Crippen LogP contribution in [0.25, 0.3) is 0 Å². The van der Waals surface area contributed by atoms with Crippen molar-refractivity contribution in [2.45, 2.75) is 13.0 Å². The average molecular weight is 255 g/mol. The van der Waals surface area contributed by atoms with Crippen LogP contribution >= 0.6 is 0 Å². The maximum absolute atomic E-state index is 11.5. The lowest BCUT2D eigenvalue weighted by Gasteiger charge is -2.30. The second kappa shape index (κ2) is 5.83. The second-order valence-electron chi connectivity index (χ2n) is 3.91. The predicted molar refractivity (Wildman–Crippen MR) is 63.5 cm³/mol. The van der Waals surface area contributed by atoms with E-state index < -0.39 is 5.97 Å². The van der Waals surface area contributed by atoms with Gasteiger partial charge in [0.1, 0.15) is 6.26 Å². The van der Waals surface area contributed by atoms with Crippen molar-refractivity contribution in [2.75, 3.05) is 37.7 Å². The van der Waals surface area contributed by atoms with Crippen LogP contribution in [0.15, 0.2) is 10.7 Å². The van der Waals surface area contributed by atoms with Crippen molar-refractivity contribution in [3.05, 3.63) is 12.0 Å². The number of rotatable bonds is 4. The predicted octanol–water partition coefficient (Wildman–Crippen LogP) is 0.0152. The van der Waals surface area contributed by atoms with Gasteiger partial charge in [0.2, 0.25) is 0 Å². The molecule has 1 aromatic heterocycles. The van der Waals surface area contributed by atoms with E-state index in [1.54, 1.807) is 6.92 Å². The molecule has 100 valence electrons. The van der Waals surface area contributed by atoms with Crippen LogP contribution in [0, 0.1) is 0 Å². The Kier molecular flexibility index (Phi) is 4.16. The number of aromatic nitrogens is 1. The number of carbonyl (C=O) groups excluding carboxylic acids is 1. The highest BCUT2D eigenvalue weighted by atomic mass is 16.5. The van der Waals surface area contributed by atoms with Crippen molar-refractivity contribution >= 4 is 12.0 Å². The highest BCUT2D eigenvalue weighted by Gasteiger charge is 2.24. The molecule has 0 aliphatic carbocycles. The van der Waals surface area contributed by atoms with Gasteiger partial charge in [-0.05, 0) is 6.92 Å². The van der Waals surface area contributed by atoms with Crippen molar-refractivity contribution in [1.29, 1.82) is 0 Å². The number of carbonyl (C=O) groups is 1. The van der Waals surface area contributed by atoms with Crippen LogP contribution in [0.5, 0.6) is 0 Å². The van der Waals surface area contributed by atoms with E-state index in [2.05, 4.69) is 4.98 Å². The van der Waals surface area contributed by atoms with Gasteiger partial charge in [0.15, 0.2) is 5.69 Å². The third kappa shape index (κ3) is 2.80. The molecule has 0 bridgehead atoms. The molecule has 0 spiro atoms. The molecule has 1 aliphatic heterocycles. The SMILES string of the molecule is CCOC(=O)c1coc(N2CCOC(CN)C2)n1. The first kappa shape index (κ1) is 12.8. The molecule has 0 amide bonds. The molecule has 2 heterocycles. The third-order valence-corrected chi connectivity index (χ3v) is 2.65. The van der Waals surface area contributed by atoms with E-state index in [0.717, 1.165) is 0 Å². The zero-order valence-electron chi connectivity index (χ0n) is 10.3. The fourth-order valence-electron chi connectivity index (χ4n) is 1.74. The zero-order valence-corrected chi connectivity index (χ0v) is 10.3. The van der Waals surface area contributed by atoms with E-state index in [0.29, 0.717) is 38.9 Å². The van der Waals surface area contributed by atoms with E-state index in [-0.39, 0.29) is 11.8 Å². The normalized spacial score (nSPS) is 19.9. The van der Waals surface area contributed by atoms with E-state index >= 15 is 0 Å². The number of nitrogens with two attached hydrogens (primary N) is 1. The van der Waals surface area contributed by atoms with Crippen LogP contribution in [0.2, 0.25) is 0 Å². The van der Waals surface area contributed by atoms with Crippen molar-refractivity contribution in [2.24, 2.45) is 5.73 Å². The molecular weight excluding hydrogens is 238 g/mol. The molecule has 18 heavy (non-hydrogen) atoms. The summed E-state index contributed by atoms with van der Waals surface area (Å²) in [5.74, 6) is -0.476. The first-order valence-electron chi connectivity index (χ1n) is 5.93. The minimum atomic E-state index is -0.476. The standard InChI is InChI=1S/C11H17N3O4/c1-2-16-10(15)9-7-18-11(13-9)14-3-4-17-8(5-12)6-14/h7-8H,2-6,12H2,1H3. The van der Waals surface area contributed by atoms with Gasteiger partial charge in [-0.15, -0.1) is 0 Å². The Bertz CT molecular complexity index is 407. The number of ether oxygens (including phenoxy) is 2. The Balaban J connectivity index is 2.03. The van der Waals surface area contributed by atoms with E-state index in [1.165, 1.54) is 6.26 Å². The fraction of sp³-hybridized carbons (Fsp3) is 0.636. The third-order valence-electron chi connectivity index (χ3n) is 2.65. The van der Waals surface area contributed by atoms with Crippen LogP contribution in [-0.2, 0) is 9.47 Å². The number of oxazole rings is 1. The Morgan fingerprint density at radius 2 is 2.56 bits per heavy atom. The number of hydrogen-bond acceptors (Lipinski definition) is 7. The molecule has 7 heteroatoms. The van der Waals surface area contributed by atoms with E-state index in [4.69, 9.17) is 19.6 Å². The summed E-state index contributed by atoms with van der Waals surface area (Å²) >= 11 is 0. The monoisotopic (exact) mass is 255 g/mol. The first-order chi connectivity index (χ1) is 8.74. The van der Waals surface area contributed by atoms with E-state index in [9.17, 15) is 4.79 Å². The first-order valence-corrected chi connectivity index (χ1v) is 5.93. The molecule has 1 unspecified atom stereocenters. The Labute approximate surface area is 105 Å². The summed E-state index contributed by atoms with van der Waals surface area (Å²) in [6, 6.07) is 0.403. The largest absolute Gasteiger partial charge is 0.461 e. The minimum Gasteiger partial charge on any atom is -0.461 e. The topological polar surface area (TPSA) is 90.8 Å². The number of hydrogen-bond donors (Lipinski definition) is 1. The summed E-state index contributed by atoms with van der Waals surface area (Å²) in [5, 5.41) is 0. The molecular formula is C11H17N3O4. The van der Waals surface area contributed by atoms with Crippen molar-refractivity contribution in [3.8, 4) is 0 Å². The number of anilines is 1. The number of morpholine rings is 1. The zero-order chi connectivity index (χ0) is 13.0. The molecule has 7 nitrogen and oxygen atoms in total. The summed E-state index contributed by atoms with van der Waals surface area (Å²) in [6.07, 6.45) is 1.27. The van der Waals surface area contributed by atoms with Gasteiger partial charge < -0.3 is 24.5 Å². The Morgan fingerprint density at radius 3 is 3.28 bits per heavy atom. The Hall–Kier alpha value is -1.60. The summed E-state index contributed by atoms with van der Waals surface area (Å²) in [5.41, 5.74) is 5.74. The van der Waals surface area contributed by atoms with Gasteiger partial charge in [0.25, 0.3) is 6.01 Å². The molecule has 0 aromatic carbocycles. The maximum atomic E-state index is 11.5. The summed E-state index contributed by atoms with van der Waals surface area (Å²) < 4.78 is 15.6. The van der Waals surface area contributed by atoms with Crippen molar-refractivity contribution in [3.63, 3.8) is 0 Å². The smallest absolute Gasteiger partial charge is 0.360 e. The summed E-state index contributed by atoms with van der Waals surface area (Å²) in [7, 11) is 0. The number of nitrogens with zero attached hydrogens (tertiary/aromatic N) is 2. The van der Waals surface area contributed by atoms with Crippen LogP contribution in [0.1, 0.15) is 17.4 Å². The lowest BCUT2D eigenvalue weighted by molar-refractivity contribution is 0.0448. The molecule has 2 rings (SSSR count). The minimum absolute atomic E-state index is 0.0308. The lowest BCUT2D eigenvalue weighted by Crippen LogP contribution is -2.45. The molecule has 1 fully saturated rings. The van der Waals surface area contributed by atoms with Crippen LogP contribution in [0.3, 0.4) is 0 Å². The average Bonchev–Trinajstić information content (AvgIpc) is 2.89. The van der Waals surface area contributed by atoms with Gasteiger partial charge in [0.05, 0.1) is 19.3 Å². The van der Waals surface area contributed by atoms with E-state index in [1.807, 2.05) is 4.90 Å². The van der Waals surface area contributed by atoms with Crippen LogP contribution in [-0.4, -0.2) is 49.9 Å². The quantitative estimate of drug-likeness (QED) is 0.758. The highest BCUT2D eigenvalue weighted by molar-refractivity contribution is 5.87. The van der Waals surface area contributed by atoms with Gasteiger partial charge in [-0.3, -0.25) is 0 Å². The van der Waals surface area contributed by atoms with Crippen LogP contribution in [0.4, 0.5) is 6.01 Å². The Morgan fingerprint density at radius 1 is 1.72 bits per heavy atom. The highest BCUT2D eigenvalue weighted by Crippen LogP contribution is 2.17. The molecule has 0 saturated carbocycles. The second-order valence-corrected chi connectivity index (χ2v) is 3.91. The van der Waals surface area contributed by atoms with Gasteiger partial charge in [-0.1, -0.05) is 0 Å². The van der Waals surface area contributed by atoms with Gasteiger partial charge in [0, 0.05) is 19.6 Å². The molecule has 1 aromatic rings.